The van der Waals surface area contributed by atoms with E-state index in [1.165, 1.54) is 25.7 Å². The second-order valence-electron chi connectivity index (χ2n) is 6.54. The molecule has 3 unspecified atom stereocenters. The number of rotatable bonds is 6. The number of carbonyl (C=O) groups excluding carboxylic acids is 1. The molecule has 0 heterocycles. The highest BCUT2D eigenvalue weighted by Gasteiger charge is 2.40. The van der Waals surface area contributed by atoms with Gasteiger partial charge in [-0.1, -0.05) is 18.6 Å². The average molecular weight is 282 g/mol. The minimum Gasteiger partial charge on any atom is -0.393 e. The summed E-state index contributed by atoms with van der Waals surface area (Å²) in [7, 11) is 0. The van der Waals surface area contributed by atoms with Crippen molar-refractivity contribution in [1.82, 2.24) is 4.90 Å². The highest BCUT2D eigenvalue weighted by molar-refractivity contribution is 7.80. The number of nitrogens with two attached hydrogens (primary N) is 1. The van der Waals surface area contributed by atoms with Gasteiger partial charge in [0, 0.05) is 25.4 Å². The van der Waals surface area contributed by atoms with E-state index in [9.17, 15) is 4.79 Å². The lowest BCUT2D eigenvalue weighted by atomic mass is 9.86. The Morgan fingerprint density at radius 1 is 1.37 bits per heavy atom. The van der Waals surface area contributed by atoms with Crippen LogP contribution in [0.25, 0.3) is 0 Å². The number of fused-ring (bicyclic) bond motifs is 2. The maximum Gasteiger partial charge on any atom is 0.223 e. The van der Waals surface area contributed by atoms with Crippen molar-refractivity contribution in [1.29, 1.82) is 0 Å². The Morgan fingerprint density at radius 3 is 2.58 bits per heavy atom. The summed E-state index contributed by atoms with van der Waals surface area (Å²) in [4.78, 5) is 14.9. The van der Waals surface area contributed by atoms with Crippen molar-refractivity contribution in [3.05, 3.63) is 0 Å². The molecule has 2 bridgehead atoms. The van der Waals surface area contributed by atoms with Gasteiger partial charge in [0.15, 0.2) is 0 Å². The van der Waals surface area contributed by atoms with Crippen LogP contribution in [0.4, 0.5) is 0 Å². The third-order valence-corrected chi connectivity index (χ3v) is 5.07. The summed E-state index contributed by atoms with van der Waals surface area (Å²) in [6.45, 7) is 4.81. The van der Waals surface area contributed by atoms with Gasteiger partial charge in [-0.05, 0) is 50.9 Å². The predicted octanol–water partition coefficient (Wildman–Crippen LogP) is 2.73. The zero-order valence-electron chi connectivity index (χ0n) is 12.1. The summed E-state index contributed by atoms with van der Waals surface area (Å²) in [6, 6.07) is 0.237. The number of hydrogen-bond donors (Lipinski definition) is 1. The van der Waals surface area contributed by atoms with Crippen LogP contribution in [0.3, 0.4) is 0 Å². The molecule has 4 heteroatoms. The lowest BCUT2D eigenvalue weighted by Gasteiger charge is -2.29. The summed E-state index contributed by atoms with van der Waals surface area (Å²) in [6.07, 6.45) is 6.75. The number of nitrogens with zero attached hydrogens (tertiary/aromatic N) is 1. The van der Waals surface area contributed by atoms with Gasteiger partial charge in [0.05, 0.1) is 4.99 Å². The molecule has 0 aliphatic heterocycles. The summed E-state index contributed by atoms with van der Waals surface area (Å²) >= 11 is 4.91. The Balaban J connectivity index is 1.86. The summed E-state index contributed by atoms with van der Waals surface area (Å²) in [5.41, 5.74) is 5.55. The van der Waals surface area contributed by atoms with Crippen LogP contribution >= 0.6 is 12.2 Å². The smallest absolute Gasteiger partial charge is 0.223 e. The van der Waals surface area contributed by atoms with E-state index >= 15 is 0 Å². The predicted molar refractivity (Wildman–Crippen MR) is 81.8 cm³/mol. The van der Waals surface area contributed by atoms with E-state index in [2.05, 4.69) is 13.8 Å². The first kappa shape index (κ1) is 14.8. The Kier molecular flexibility index (Phi) is 4.82. The molecule has 3 nitrogen and oxygen atoms in total. The average Bonchev–Trinajstić information content (AvgIpc) is 2.89. The maximum absolute atomic E-state index is 12.5. The molecule has 2 fully saturated rings. The number of thiocarbonyl (C=S) groups is 1. The van der Waals surface area contributed by atoms with Gasteiger partial charge in [-0.3, -0.25) is 4.79 Å². The first-order valence-electron chi connectivity index (χ1n) is 7.55. The van der Waals surface area contributed by atoms with E-state index in [0.717, 1.165) is 18.3 Å². The molecule has 0 radical (unpaired) electrons. The Labute approximate surface area is 121 Å². The van der Waals surface area contributed by atoms with E-state index in [1.54, 1.807) is 0 Å². The quantitative estimate of drug-likeness (QED) is 0.762. The van der Waals surface area contributed by atoms with Crippen LogP contribution in [-0.4, -0.2) is 28.4 Å². The van der Waals surface area contributed by atoms with Crippen LogP contribution in [0.1, 0.15) is 52.4 Å². The van der Waals surface area contributed by atoms with Crippen LogP contribution in [0.5, 0.6) is 0 Å². The molecule has 0 spiro atoms. The molecule has 1 amide bonds. The minimum absolute atomic E-state index is 0.237. The van der Waals surface area contributed by atoms with Crippen molar-refractivity contribution >= 4 is 23.1 Å². The van der Waals surface area contributed by atoms with Gasteiger partial charge in [0.25, 0.3) is 0 Å². The Morgan fingerprint density at radius 2 is 2.11 bits per heavy atom. The topological polar surface area (TPSA) is 46.3 Å². The van der Waals surface area contributed by atoms with Gasteiger partial charge in [0.1, 0.15) is 0 Å². The van der Waals surface area contributed by atoms with Crippen LogP contribution < -0.4 is 5.73 Å². The summed E-state index contributed by atoms with van der Waals surface area (Å²) in [5, 5.41) is 0. The monoisotopic (exact) mass is 282 g/mol. The third kappa shape index (κ3) is 3.68. The van der Waals surface area contributed by atoms with Gasteiger partial charge < -0.3 is 10.6 Å². The molecule has 2 aliphatic carbocycles. The summed E-state index contributed by atoms with van der Waals surface area (Å²) < 4.78 is 0. The van der Waals surface area contributed by atoms with Crippen molar-refractivity contribution < 1.29 is 4.79 Å². The molecule has 0 aromatic heterocycles. The van der Waals surface area contributed by atoms with Gasteiger partial charge in [-0.25, -0.2) is 0 Å². The van der Waals surface area contributed by atoms with E-state index in [4.69, 9.17) is 18.0 Å². The fraction of sp³-hybridized carbons (Fsp3) is 0.867. The summed E-state index contributed by atoms with van der Waals surface area (Å²) in [5.74, 6) is 2.66. The minimum atomic E-state index is 0.237. The molecule has 108 valence electrons. The second-order valence-corrected chi connectivity index (χ2v) is 7.06. The van der Waals surface area contributed by atoms with Crippen LogP contribution in [0, 0.1) is 17.8 Å². The Bertz CT molecular complexity index is 356. The van der Waals surface area contributed by atoms with Crippen molar-refractivity contribution in [3.8, 4) is 0 Å². The van der Waals surface area contributed by atoms with Crippen molar-refractivity contribution in [2.75, 3.05) is 6.54 Å². The lowest BCUT2D eigenvalue weighted by Crippen LogP contribution is -2.40. The largest absolute Gasteiger partial charge is 0.393 e. The molecule has 0 aromatic rings. The first-order chi connectivity index (χ1) is 8.97. The van der Waals surface area contributed by atoms with Crippen LogP contribution in [0.2, 0.25) is 0 Å². The zero-order chi connectivity index (χ0) is 14.0. The molecule has 19 heavy (non-hydrogen) atoms. The molecule has 0 aromatic carbocycles. The highest BCUT2D eigenvalue weighted by Crippen LogP contribution is 2.49. The fourth-order valence-electron chi connectivity index (χ4n) is 3.87. The molecule has 2 N–H and O–H groups in total. The second kappa shape index (κ2) is 6.21. The van der Waals surface area contributed by atoms with Crippen molar-refractivity contribution in [2.45, 2.75) is 58.4 Å². The van der Waals surface area contributed by atoms with Gasteiger partial charge in [0.2, 0.25) is 5.91 Å². The highest BCUT2D eigenvalue weighted by atomic mass is 32.1. The van der Waals surface area contributed by atoms with Gasteiger partial charge >= 0.3 is 0 Å². The Hall–Kier alpha value is -0.640. The SMILES string of the molecule is CC(C)N(CCC(N)=S)C(=O)CC1CC2CCC1C2. The first-order valence-corrected chi connectivity index (χ1v) is 7.96. The lowest BCUT2D eigenvalue weighted by molar-refractivity contribution is -0.134. The third-order valence-electron chi connectivity index (χ3n) is 4.86. The number of amides is 1. The molecule has 2 saturated carbocycles. The molecular formula is C15H26N2OS. The van der Waals surface area contributed by atoms with Crippen molar-refractivity contribution in [2.24, 2.45) is 23.5 Å². The van der Waals surface area contributed by atoms with Crippen LogP contribution in [0.15, 0.2) is 0 Å². The van der Waals surface area contributed by atoms with Crippen LogP contribution in [-0.2, 0) is 4.79 Å². The fourth-order valence-corrected chi connectivity index (χ4v) is 3.96. The standard InChI is InChI=1S/C15H26N2OS/c1-10(2)17(6-5-14(16)19)15(18)9-13-8-11-3-4-12(13)7-11/h10-13H,3-9H2,1-2H3,(H2,16,19). The molecular weight excluding hydrogens is 256 g/mol. The maximum atomic E-state index is 12.5. The zero-order valence-corrected chi connectivity index (χ0v) is 12.9. The van der Waals surface area contributed by atoms with Crippen molar-refractivity contribution in [3.63, 3.8) is 0 Å². The molecule has 2 aliphatic rings. The van der Waals surface area contributed by atoms with E-state index in [-0.39, 0.29) is 6.04 Å². The number of hydrogen-bond acceptors (Lipinski definition) is 2. The normalized spacial score (nSPS) is 28.9. The molecule has 2 rings (SSSR count). The van der Waals surface area contributed by atoms with Gasteiger partial charge in [-0.15, -0.1) is 0 Å². The van der Waals surface area contributed by atoms with E-state index < -0.39 is 0 Å². The molecule has 0 saturated heterocycles. The van der Waals surface area contributed by atoms with E-state index in [1.807, 2.05) is 4.90 Å². The number of carbonyl (C=O) groups is 1. The molecule has 3 atom stereocenters. The van der Waals surface area contributed by atoms with Gasteiger partial charge in [-0.2, -0.15) is 0 Å². The van der Waals surface area contributed by atoms with E-state index in [0.29, 0.717) is 29.8 Å².